The molecule has 0 aromatic heterocycles. The van der Waals surface area contributed by atoms with Crippen LogP contribution < -0.4 is 10.1 Å². The minimum Gasteiger partial charge on any atom is -0.490 e. The molecule has 0 bridgehead atoms. The molecule has 1 aromatic carbocycles. The van der Waals surface area contributed by atoms with E-state index in [1.807, 2.05) is 20.0 Å². The van der Waals surface area contributed by atoms with Crippen LogP contribution in [0.25, 0.3) is 0 Å². The van der Waals surface area contributed by atoms with E-state index in [0.29, 0.717) is 24.9 Å². The van der Waals surface area contributed by atoms with Gasteiger partial charge in [0, 0.05) is 24.1 Å². The number of rotatable bonds is 5. The highest BCUT2D eigenvalue weighted by Crippen LogP contribution is 2.29. The summed E-state index contributed by atoms with van der Waals surface area (Å²) in [5, 5.41) is 3.11. The summed E-state index contributed by atoms with van der Waals surface area (Å²) in [4.78, 5) is 0. The van der Waals surface area contributed by atoms with Gasteiger partial charge >= 0.3 is 0 Å². The zero-order chi connectivity index (χ0) is 13.0. The Kier molecular flexibility index (Phi) is 4.55. The van der Waals surface area contributed by atoms with E-state index in [9.17, 15) is 4.39 Å². The molecule has 1 aliphatic rings. The van der Waals surface area contributed by atoms with Crippen LogP contribution in [0.1, 0.15) is 24.9 Å². The molecule has 4 heteroatoms. The number of benzene rings is 1. The summed E-state index contributed by atoms with van der Waals surface area (Å²) in [6.07, 6.45) is 0.991. The average molecular weight is 253 g/mol. The fourth-order valence-electron chi connectivity index (χ4n) is 2.09. The molecule has 100 valence electrons. The molecule has 0 saturated carbocycles. The Morgan fingerprint density at radius 3 is 3.06 bits per heavy atom. The number of para-hydroxylation sites is 1. The Balaban J connectivity index is 2.09. The second-order valence-electron chi connectivity index (χ2n) is 4.71. The molecule has 0 radical (unpaired) electrons. The molecule has 1 N–H and O–H groups in total. The molecule has 0 aliphatic carbocycles. The van der Waals surface area contributed by atoms with Crippen LogP contribution in [0.4, 0.5) is 4.39 Å². The largest absolute Gasteiger partial charge is 0.490 e. The summed E-state index contributed by atoms with van der Waals surface area (Å²) >= 11 is 0. The molecule has 3 nitrogen and oxygen atoms in total. The van der Waals surface area contributed by atoms with Crippen molar-refractivity contribution in [2.24, 2.45) is 5.92 Å². The lowest BCUT2D eigenvalue weighted by atomic mass is 10.1. The van der Waals surface area contributed by atoms with Gasteiger partial charge in [-0.2, -0.15) is 0 Å². The van der Waals surface area contributed by atoms with Crippen LogP contribution in [0.15, 0.2) is 18.2 Å². The van der Waals surface area contributed by atoms with Gasteiger partial charge in [0.1, 0.15) is 0 Å². The van der Waals surface area contributed by atoms with Crippen molar-refractivity contribution >= 4 is 0 Å². The molecule has 0 amide bonds. The minimum atomic E-state index is -0.298. The predicted molar refractivity (Wildman–Crippen MR) is 68.3 cm³/mol. The van der Waals surface area contributed by atoms with Crippen molar-refractivity contribution in [2.75, 3.05) is 26.9 Å². The molecule has 1 aromatic rings. The fourth-order valence-corrected chi connectivity index (χ4v) is 2.09. The monoisotopic (exact) mass is 253 g/mol. The van der Waals surface area contributed by atoms with Gasteiger partial charge in [0.15, 0.2) is 11.6 Å². The fraction of sp³-hybridized carbons (Fsp3) is 0.571. The number of halogens is 1. The van der Waals surface area contributed by atoms with Gasteiger partial charge in [-0.15, -0.1) is 0 Å². The summed E-state index contributed by atoms with van der Waals surface area (Å²) < 4.78 is 24.8. The lowest BCUT2D eigenvalue weighted by Gasteiger charge is -2.18. The van der Waals surface area contributed by atoms with Crippen molar-refractivity contribution in [3.63, 3.8) is 0 Å². The average Bonchev–Trinajstić information content (AvgIpc) is 2.89. The van der Waals surface area contributed by atoms with Gasteiger partial charge in [-0.3, -0.25) is 0 Å². The van der Waals surface area contributed by atoms with Gasteiger partial charge in [0.25, 0.3) is 0 Å². The maximum atomic E-state index is 13.8. The third-order valence-electron chi connectivity index (χ3n) is 3.38. The van der Waals surface area contributed by atoms with Crippen LogP contribution >= 0.6 is 0 Å². The Morgan fingerprint density at radius 1 is 1.56 bits per heavy atom. The third kappa shape index (κ3) is 3.00. The molecule has 1 saturated heterocycles. The Bertz CT molecular complexity index is 391. The van der Waals surface area contributed by atoms with Gasteiger partial charge in [-0.05, 0) is 26.5 Å². The van der Waals surface area contributed by atoms with Crippen LogP contribution in [0.5, 0.6) is 5.75 Å². The van der Waals surface area contributed by atoms with E-state index >= 15 is 0 Å². The van der Waals surface area contributed by atoms with Crippen molar-refractivity contribution in [3.05, 3.63) is 29.6 Å². The molecule has 2 rings (SSSR count). The third-order valence-corrected chi connectivity index (χ3v) is 3.38. The number of hydrogen-bond donors (Lipinski definition) is 1. The molecule has 1 heterocycles. The molecule has 1 aliphatic heterocycles. The second-order valence-corrected chi connectivity index (χ2v) is 4.71. The predicted octanol–water partition coefficient (Wildman–Crippen LogP) is 2.52. The van der Waals surface area contributed by atoms with Crippen LogP contribution in [0.3, 0.4) is 0 Å². The van der Waals surface area contributed by atoms with E-state index in [0.717, 1.165) is 18.6 Å². The van der Waals surface area contributed by atoms with Crippen LogP contribution in [0, 0.1) is 11.7 Å². The van der Waals surface area contributed by atoms with E-state index < -0.39 is 0 Å². The Morgan fingerprint density at radius 2 is 2.39 bits per heavy atom. The lowest BCUT2D eigenvalue weighted by Crippen LogP contribution is -2.17. The zero-order valence-corrected chi connectivity index (χ0v) is 10.9. The normalized spacial score (nSPS) is 20.9. The highest BCUT2D eigenvalue weighted by molar-refractivity contribution is 5.37. The van der Waals surface area contributed by atoms with E-state index in [-0.39, 0.29) is 11.9 Å². The first-order valence-corrected chi connectivity index (χ1v) is 6.38. The summed E-state index contributed by atoms with van der Waals surface area (Å²) in [5.41, 5.74) is 0.858. The van der Waals surface area contributed by atoms with Gasteiger partial charge in [-0.1, -0.05) is 12.1 Å². The molecule has 0 spiro atoms. The molecule has 2 atom stereocenters. The zero-order valence-electron chi connectivity index (χ0n) is 10.9. The quantitative estimate of drug-likeness (QED) is 0.874. The van der Waals surface area contributed by atoms with Crippen molar-refractivity contribution in [1.29, 1.82) is 0 Å². The van der Waals surface area contributed by atoms with E-state index in [1.165, 1.54) is 6.07 Å². The molecular formula is C14H20FNO2. The van der Waals surface area contributed by atoms with Gasteiger partial charge in [-0.25, -0.2) is 4.39 Å². The molecule has 2 unspecified atom stereocenters. The summed E-state index contributed by atoms with van der Waals surface area (Å²) in [6.45, 7) is 4.00. The topological polar surface area (TPSA) is 30.5 Å². The number of ether oxygens (including phenoxy) is 2. The standard InChI is InChI=1S/C14H20FNO2/c1-10(16-2)12-4-3-5-13(15)14(12)18-9-11-6-7-17-8-11/h3-5,10-11,16H,6-9H2,1-2H3. The maximum Gasteiger partial charge on any atom is 0.165 e. The summed E-state index contributed by atoms with van der Waals surface area (Å²) in [7, 11) is 1.85. The Hall–Kier alpha value is -1.13. The summed E-state index contributed by atoms with van der Waals surface area (Å²) in [6, 6.07) is 5.11. The van der Waals surface area contributed by atoms with Crippen molar-refractivity contribution in [1.82, 2.24) is 5.32 Å². The van der Waals surface area contributed by atoms with E-state index in [2.05, 4.69) is 5.32 Å². The van der Waals surface area contributed by atoms with Gasteiger partial charge in [0.2, 0.25) is 0 Å². The summed E-state index contributed by atoms with van der Waals surface area (Å²) in [5.74, 6) is 0.446. The maximum absolute atomic E-state index is 13.8. The van der Waals surface area contributed by atoms with Crippen LogP contribution in [-0.2, 0) is 4.74 Å². The first-order valence-electron chi connectivity index (χ1n) is 6.38. The van der Waals surface area contributed by atoms with Gasteiger partial charge < -0.3 is 14.8 Å². The van der Waals surface area contributed by atoms with Crippen molar-refractivity contribution in [3.8, 4) is 5.75 Å². The van der Waals surface area contributed by atoms with Gasteiger partial charge in [0.05, 0.1) is 13.2 Å². The lowest BCUT2D eigenvalue weighted by molar-refractivity contribution is 0.165. The molecular weight excluding hydrogens is 233 g/mol. The molecule has 1 fully saturated rings. The first-order chi connectivity index (χ1) is 8.72. The number of nitrogens with one attached hydrogen (secondary N) is 1. The number of hydrogen-bond acceptors (Lipinski definition) is 3. The SMILES string of the molecule is CNC(C)c1cccc(F)c1OCC1CCOC1. The smallest absolute Gasteiger partial charge is 0.165 e. The Labute approximate surface area is 107 Å². The highest BCUT2D eigenvalue weighted by atomic mass is 19.1. The van der Waals surface area contributed by atoms with Crippen LogP contribution in [-0.4, -0.2) is 26.9 Å². The van der Waals surface area contributed by atoms with E-state index in [4.69, 9.17) is 9.47 Å². The second kappa shape index (κ2) is 6.16. The first kappa shape index (κ1) is 13.3. The van der Waals surface area contributed by atoms with E-state index in [1.54, 1.807) is 6.07 Å². The van der Waals surface area contributed by atoms with Crippen molar-refractivity contribution in [2.45, 2.75) is 19.4 Å². The van der Waals surface area contributed by atoms with Crippen LogP contribution in [0.2, 0.25) is 0 Å². The minimum absolute atomic E-state index is 0.0653. The molecule has 18 heavy (non-hydrogen) atoms. The van der Waals surface area contributed by atoms with Crippen molar-refractivity contribution < 1.29 is 13.9 Å². The highest BCUT2D eigenvalue weighted by Gasteiger charge is 2.19.